The number of furan rings is 2. The van der Waals surface area contributed by atoms with Crippen molar-refractivity contribution >= 4 is 154 Å². The Hall–Kier alpha value is -10.5. The highest BCUT2D eigenvalue weighted by Gasteiger charge is 2.17. The fraction of sp³-hybridized carbons (Fsp3) is 0. The van der Waals surface area contributed by atoms with Crippen molar-refractivity contribution in [2.75, 3.05) is 0 Å². The highest BCUT2D eigenvalue weighted by molar-refractivity contribution is 9.10. The van der Waals surface area contributed by atoms with Gasteiger partial charge in [0.05, 0.1) is 0 Å². The largest absolute Gasteiger partial charge is 0.569 e. The molecular formula is C74H43BBrN2O6. The molecule has 1 radical (unpaired) electrons. The standard InChI is InChI=1S/C37H21NO2.C19H10BrNO2.C18H12BO2/c1-2-12-27-25(10-1)26-11-3-4-13-28(26)31-19-23(16-17-29(27)31)22-8-7-9-24(18-22)37-38-33-21-35-32(20-36(33)40-37)30-14-5-6-15-34(30)39-35;20-12-5-3-4-11(8-12)19-21-15-10-17-14(9-18(15)23-19)13-6-1-2-7-16(13)22-17;20-19-21-12-9-10-17-15-7-2-1-5-13(15)14-6-3-4-8-16(14)18(17)11-12/h1-21H;1-10H;1-11,20H. The molecule has 84 heavy (non-hydrogen) atoms. The molecule has 0 atom stereocenters. The van der Waals surface area contributed by atoms with E-state index in [1.54, 1.807) is 0 Å². The smallest absolute Gasteiger partial charge is 0.537 e. The Morgan fingerprint density at radius 1 is 0.286 bits per heavy atom. The number of hydrogen-bond acceptors (Lipinski definition) is 8. The molecule has 0 bridgehead atoms. The molecule has 0 amide bonds. The van der Waals surface area contributed by atoms with Gasteiger partial charge in [0.25, 0.3) is 0 Å². The number of hydrogen-bond donors (Lipinski definition) is 1. The summed E-state index contributed by atoms with van der Waals surface area (Å²) < 4.78 is 30.3. The SMILES string of the molecule is Brc1cccc(-c2nc3cc4oc5ccccc5c4cc3o2)c1.O[B]Oc1ccc2c3ccccc3c3ccccc3c2c1.c1cc(-c2ccc3c4ccccc4c4ccccc4c3c2)cc(-c2nc3cc4oc5ccccc5c4cc3o2)c1. The summed E-state index contributed by atoms with van der Waals surface area (Å²) in [5, 5.41) is 27.9. The van der Waals surface area contributed by atoms with E-state index in [0.29, 0.717) is 25.2 Å². The third kappa shape index (κ3) is 8.49. The first-order valence-corrected chi connectivity index (χ1v) is 28.3. The molecule has 395 valence electrons. The van der Waals surface area contributed by atoms with Crippen LogP contribution >= 0.6 is 15.9 Å². The number of benzene rings is 14. The summed E-state index contributed by atoms with van der Waals surface area (Å²) in [5.74, 6) is 1.84. The molecule has 4 aromatic heterocycles. The van der Waals surface area contributed by atoms with Crippen LogP contribution in [0.1, 0.15) is 0 Å². The molecule has 0 spiro atoms. The molecule has 0 aliphatic carbocycles. The van der Waals surface area contributed by atoms with Gasteiger partial charge in [-0.1, -0.05) is 186 Å². The minimum Gasteiger partial charge on any atom is -0.537 e. The van der Waals surface area contributed by atoms with Gasteiger partial charge in [-0.25, -0.2) is 9.97 Å². The second kappa shape index (κ2) is 20.2. The van der Waals surface area contributed by atoms with Gasteiger partial charge in [0.1, 0.15) is 39.1 Å². The number of halogens is 1. The minimum atomic E-state index is 0.603. The third-order valence-corrected chi connectivity index (χ3v) is 16.4. The zero-order valence-corrected chi connectivity index (χ0v) is 46.2. The molecule has 4 heterocycles. The summed E-state index contributed by atoms with van der Waals surface area (Å²) in [6.07, 6.45) is 0. The number of nitrogens with zero attached hydrogens (tertiary/aromatic N) is 2. The van der Waals surface area contributed by atoms with Crippen LogP contribution in [-0.4, -0.2) is 22.7 Å². The lowest BCUT2D eigenvalue weighted by atomic mass is 9.92. The molecule has 18 rings (SSSR count). The number of fused-ring (bicyclic) bond motifs is 20. The van der Waals surface area contributed by atoms with Crippen molar-refractivity contribution in [1.29, 1.82) is 0 Å². The summed E-state index contributed by atoms with van der Waals surface area (Å²) in [6, 6.07) is 87.2. The van der Waals surface area contributed by atoms with Gasteiger partial charge < -0.3 is 27.3 Å². The zero-order valence-electron chi connectivity index (χ0n) is 44.6. The van der Waals surface area contributed by atoms with Crippen LogP contribution in [0.3, 0.4) is 0 Å². The maximum absolute atomic E-state index is 8.83. The summed E-state index contributed by atoms with van der Waals surface area (Å²) >= 11 is 3.48. The maximum Gasteiger partial charge on any atom is 0.569 e. The number of rotatable bonds is 5. The molecule has 0 fully saturated rings. The molecule has 10 heteroatoms. The van der Waals surface area contributed by atoms with E-state index in [9.17, 15) is 0 Å². The van der Waals surface area contributed by atoms with Crippen molar-refractivity contribution in [1.82, 2.24) is 9.97 Å². The second-order valence-electron chi connectivity index (χ2n) is 20.8. The van der Waals surface area contributed by atoms with E-state index in [1.807, 2.05) is 109 Å². The molecule has 14 aromatic carbocycles. The molecule has 1 N–H and O–H groups in total. The Morgan fingerprint density at radius 3 is 1.17 bits per heavy atom. The lowest BCUT2D eigenvalue weighted by Gasteiger charge is -2.12. The molecule has 0 unspecified atom stereocenters. The summed E-state index contributed by atoms with van der Waals surface area (Å²) in [5.41, 5.74) is 10.7. The van der Waals surface area contributed by atoms with Crippen molar-refractivity contribution in [3.05, 3.63) is 259 Å². The highest BCUT2D eigenvalue weighted by Crippen LogP contribution is 2.41. The molecule has 18 aromatic rings. The van der Waals surface area contributed by atoms with Crippen molar-refractivity contribution in [2.24, 2.45) is 0 Å². The van der Waals surface area contributed by atoms with Gasteiger partial charge in [-0.05, 0) is 149 Å². The predicted octanol–water partition coefficient (Wildman–Crippen LogP) is 20.7. The first-order chi connectivity index (χ1) is 41.5. The third-order valence-electron chi connectivity index (χ3n) is 15.9. The summed E-state index contributed by atoms with van der Waals surface area (Å²) in [6.45, 7) is 0. The van der Waals surface area contributed by atoms with Crippen molar-refractivity contribution in [2.45, 2.75) is 0 Å². The van der Waals surface area contributed by atoms with E-state index in [-0.39, 0.29) is 0 Å². The Morgan fingerprint density at radius 2 is 0.679 bits per heavy atom. The first-order valence-electron chi connectivity index (χ1n) is 27.6. The first kappa shape index (κ1) is 49.3. The zero-order chi connectivity index (χ0) is 55.8. The predicted molar refractivity (Wildman–Crippen MR) is 347 cm³/mol. The van der Waals surface area contributed by atoms with Crippen LogP contribution in [0.15, 0.2) is 277 Å². The molecule has 0 saturated heterocycles. The van der Waals surface area contributed by atoms with Crippen LogP contribution < -0.4 is 4.65 Å². The van der Waals surface area contributed by atoms with Gasteiger partial charge in [-0.3, -0.25) is 0 Å². The Labute approximate surface area is 487 Å². The van der Waals surface area contributed by atoms with E-state index >= 15 is 0 Å². The Bertz CT molecular complexity index is 5570. The molecule has 0 aliphatic heterocycles. The fourth-order valence-corrected chi connectivity index (χ4v) is 12.5. The average molecular weight is 1150 g/mol. The van der Waals surface area contributed by atoms with Crippen LogP contribution in [0.4, 0.5) is 0 Å². The monoisotopic (exact) mass is 1150 g/mol. The maximum atomic E-state index is 8.83. The van der Waals surface area contributed by atoms with Crippen LogP contribution in [-0.2, 0) is 0 Å². The lowest BCUT2D eigenvalue weighted by molar-refractivity contribution is 0.454. The molecular weight excluding hydrogens is 1100 g/mol. The topological polar surface area (TPSA) is 108 Å². The van der Waals surface area contributed by atoms with Gasteiger partial charge in [0.15, 0.2) is 11.2 Å². The number of oxazole rings is 2. The molecule has 0 aliphatic rings. The Balaban J connectivity index is 0.000000111. The lowest BCUT2D eigenvalue weighted by Crippen LogP contribution is -1.99. The number of para-hydroxylation sites is 2. The van der Waals surface area contributed by atoms with E-state index in [2.05, 4.69) is 167 Å². The van der Waals surface area contributed by atoms with Gasteiger partial charge in [-0.15, -0.1) is 0 Å². The van der Waals surface area contributed by atoms with Crippen LogP contribution in [0.2, 0.25) is 0 Å². The summed E-state index contributed by atoms with van der Waals surface area (Å²) in [7, 11) is 0.713. The second-order valence-corrected chi connectivity index (χ2v) is 21.7. The average Bonchev–Trinajstić information content (AvgIpc) is 3.39. The Kier molecular flexibility index (Phi) is 11.8. The van der Waals surface area contributed by atoms with Gasteiger partial charge in [-0.2, -0.15) is 0 Å². The van der Waals surface area contributed by atoms with E-state index in [1.165, 1.54) is 59.2 Å². The van der Waals surface area contributed by atoms with E-state index < -0.39 is 0 Å². The molecule has 0 saturated carbocycles. The quantitative estimate of drug-likeness (QED) is 0.134. The van der Waals surface area contributed by atoms with Gasteiger partial charge in [0.2, 0.25) is 11.8 Å². The highest BCUT2D eigenvalue weighted by atomic mass is 79.9. The normalized spacial score (nSPS) is 11.7. The minimum absolute atomic E-state index is 0.603. The van der Waals surface area contributed by atoms with Crippen LogP contribution in [0.5, 0.6) is 5.75 Å². The molecule has 8 nitrogen and oxygen atoms in total. The van der Waals surface area contributed by atoms with Gasteiger partial charge in [0, 0.05) is 49.3 Å². The number of aromatic nitrogens is 2. The van der Waals surface area contributed by atoms with E-state index in [0.717, 1.165) is 98.2 Å². The van der Waals surface area contributed by atoms with E-state index in [4.69, 9.17) is 32.3 Å². The summed E-state index contributed by atoms with van der Waals surface area (Å²) in [4.78, 5) is 9.43. The van der Waals surface area contributed by atoms with Gasteiger partial charge >= 0.3 is 7.69 Å². The van der Waals surface area contributed by atoms with Crippen LogP contribution in [0, 0.1) is 0 Å². The van der Waals surface area contributed by atoms with Crippen LogP contribution in [0.25, 0.3) is 165 Å². The van der Waals surface area contributed by atoms with Crippen molar-refractivity contribution < 1.29 is 27.3 Å². The van der Waals surface area contributed by atoms with Crippen molar-refractivity contribution in [3.63, 3.8) is 0 Å². The van der Waals surface area contributed by atoms with Crippen molar-refractivity contribution in [3.8, 4) is 39.8 Å². The fourth-order valence-electron chi connectivity index (χ4n) is 12.1.